The van der Waals surface area contributed by atoms with Crippen LogP contribution in [0.25, 0.3) is 0 Å². The topological polar surface area (TPSA) is 71.1 Å². The molecule has 0 saturated carbocycles. The van der Waals surface area contributed by atoms with Crippen molar-refractivity contribution < 1.29 is 28.5 Å². The van der Waals surface area contributed by atoms with E-state index in [1.165, 1.54) is 0 Å². The van der Waals surface area contributed by atoms with Gasteiger partial charge in [-0.3, -0.25) is 9.59 Å². The van der Waals surface area contributed by atoms with E-state index >= 15 is 0 Å². The first-order chi connectivity index (χ1) is 15.9. The highest BCUT2D eigenvalue weighted by Gasteiger charge is 2.38. The lowest BCUT2D eigenvalue weighted by atomic mass is 10.2. The van der Waals surface area contributed by atoms with Crippen LogP contribution in [-0.4, -0.2) is 43.1 Å². The van der Waals surface area contributed by atoms with E-state index in [-0.39, 0.29) is 16.7 Å². The maximum atomic E-state index is 14.1. The van der Waals surface area contributed by atoms with E-state index < -0.39 is 7.92 Å². The molecule has 2 aromatic carbocycles. The summed E-state index contributed by atoms with van der Waals surface area (Å²) in [4.78, 5) is 28.1. The average molecular weight is 475 g/mol. The molecule has 0 N–H and O–H groups in total. The first-order valence-electron chi connectivity index (χ1n) is 11.6. The third-order valence-electron chi connectivity index (χ3n) is 5.07. The van der Waals surface area contributed by atoms with E-state index in [4.69, 9.17) is 18.9 Å². The molecule has 0 saturated heterocycles. The van der Waals surface area contributed by atoms with Crippen molar-refractivity contribution in [2.24, 2.45) is 0 Å². The van der Waals surface area contributed by atoms with Crippen LogP contribution in [0.4, 0.5) is 0 Å². The van der Waals surface area contributed by atoms with Gasteiger partial charge in [0.15, 0.2) is 11.0 Å². The molecule has 0 radical (unpaired) electrons. The molecule has 0 aliphatic carbocycles. The molecule has 1 atom stereocenters. The van der Waals surface area contributed by atoms with Crippen LogP contribution in [0.1, 0.15) is 68.7 Å². The van der Waals surface area contributed by atoms with Gasteiger partial charge < -0.3 is 18.9 Å². The van der Waals surface area contributed by atoms with E-state index in [0.717, 1.165) is 0 Å². The quantitative estimate of drug-likeness (QED) is 0.290. The van der Waals surface area contributed by atoms with E-state index in [1.807, 2.05) is 41.5 Å². The van der Waals surface area contributed by atoms with Crippen molar-refractivity contribution in [3.8, 4) is 23.0 Å². The first-order valence-corrected chi connectivity index (χ1v) is 13.0. The van der Waals surface area contributed by atoms with Gasteiger partial charge in [-0.25, -0.2) is 0 Å². The fourth-order valence-electron chi connectivity index (χ4n) is 3.46. The zero-order valence-corrected chi connectivity index (χ0v) is 21.4. The molecule has 2 aromatic rings. The molecule has 0 heterocycles. The van der Waals surface area contributed by atoms with E-state index in [1.54, 1.807) is 36.4 Å². The molecular formula is C26H35O6P. The Bertz CT molecular complexity index is 822. The molecule has 0 spiro atoms. The Morgan fingerprint density at radius 2 is 0.970 bits per heavy atom. The SMILES string of the molecule is CCOc1cccc(OCC)c1C(=O)P(C(=O)c1c(OCC)cccc1OCC)C(C)CC. The highest BCUT2D eigenvalue weighted by molar-refractivity contribution is 7.90. The Kier molecular flexibility index (Phi) is 10.7. The smallest absolute Gasteiger partial charge is 0.199 e. The Morgan fingerprint density at radius 1 is 0.667 bits per heavy atom. The summed E-state index contributed by atoms with van der Waals surface area (Å²) in [5.74, 6) is 1.72. The lowest BCUT2D eigenvalue weighted by molar-refractivity contribution is 0.104. The van der Waals surface area contributed by atoms with Gasteiger partial charge >= 0.3 is 0 Å². The summed E-state index contributed by atoms with van der Waals surface area (Å²) >= 11 is 0. The number of rotatable bonds is 14. The van der Waals surface area contributed by atoms with Gasteiger partial charge in [0.05, 0.1) is 26.4 Å². The Hall–Kier alpha value is -2.59. The van der Waals surface area contributed by atoms with Crippen molar-refractivity contribution in [1.29, 1.82) is 0 Å². The molecule has 0 amide bonds. The van der Waals surface area contributed by atoms with Crippen LogP contribution in [-0.2, 0) is 0 Å². The predicted octanol–water partition coefficient (Wildman–Crippen LogP) is 6.54. The van der Waals surface area contributed by atoms with Crippen LogP contribution < -0.4 is 18.9 Å². The minimum absolute atomic E-state index is 0.159. The van der Waals surface area contributed by atoms with Crippen molar-refractivity contribution in [1.82, 2.24) is 0 Å². The van der Waals surface area contributed by atoms with Crippen LogP contribution in [0, 0.1) is 0 Å². The second-order valence-electron chi connectivity index (χ2n) is 7.23. The summed E-state index contributed by atoms with van der Waals surface area (Å²) in [7, 11) is -1.80. The number of carbonyl (C=O) groups is 2. The average Bonchev–Trinajstić information content (AvgIpc) is 2.80. The number of hydrogen-bond donors (Lipinski definition) is 0. The second kappa shape index (κ2) is 13.2. The number of hydrogen-bond acceptors (Lipinski definition) is 6. The first kappa shape index (κ1) is 26.7. The highest BCUT2D eigenvalue weighted by Crippen LogP contribution is 2.54. The Balaban J connectivity index is 2.68. The minimum Gasteiger partial charge on any atom is -0.493 e. The maximum absolute atomic E-state index is 14.1. The van der Waals surface area contributed by atoms with E-state index in [9.17, 15) is 9.59 Å². The van der Waals surface area contributed by atoms with Gasteiger partial charge in [-0.1, -0.05) is 26.0 Å². The van der Waals surface area contributed by atoms with Crippen molar-refractivity contribution in [3.63, 3.8) is 0 Å². The molecule has 0 aliphatic heterocycles. The fourth-order valence-corrected chi connectivity index (χ4v) is 5.74. The lowest BCUT2D eigenvalue weighted by Crippen LogP contribution is -2.18. The summed E-state index contributed by atoms with van der Waals surface area (Å²) in [5, 5.41) is 0. The number of carbonyl (C=O) groups excluding carboxylic acids is 2. The summed E-state index contributed by atoms with van der Waals surface area (Å²) < 4.78 is 23.1. The molecule has 33 heavy (non-hydrogen) atoms. The number of benzene rings is 2. The zero-order chi connectivity index (χ0) is 24.4. The minimum atomic E-state index is -1.80. The predicted molar refractivity (Wildman–Crippen MR) is 133 cm³/mol. The third kappa shape index (κ3) is 6.26. The molecular weight excluding hydrogens is 439 g/mol. The zero-order valence-electron chi connectivity index (χ0n) is 20.5. The van der Waals surface area contributed by atoms with Crippen molar-refractivity contribution >= 4 is 19.0 Å². The molecule has 0 fully saturated rings. The summed E-state index contributed by atoms with van der Waals surface area (Å²) in [6.07, 6.45) is 0.671. The molecule has 0 bridgehead atoms. The van der Waals surface area contributed by atoms with Gasteiger partial charge in [0.1, 0.15) is 34.1 Å². The van der Waals surface area contributed by atoms with Crippen LogP contribution >= 0.6 is 7.92 Å². The monoisotopic (exact) mass is 474 g/mol. The molecule has 6 nitrogen and oxygen atoms in total. The Labute approximate surface area is 198 Å². The lowest BCUT2D eigenvalue weighted by Gasteiger charge is -2.25. The van der Waals surface area contributed by atoms with Gasteiger partial charge in [0.25, 0.3) is 0 Å². The molecule has 0 aliphatic rings. The maximum Gasteiger partial charge on any atom is 0.199 e. The summed E-state index contributed by atoms with van der Waals surface area (Å²) in [5.41, 5.74) is -0.0230. The second-order valence-corrected chi connectivity index (χ2v) is 9.66. The van der Waals surface area contributed by atoms with Gasteiger partial charge in [-0.2, -0.15) is 0 Å². The van der Waals surface area contributed by atoms with Crippen LogP contribution in [0.15, 0.2) is 36.4 Å². The largest absolute Gasteiger partial charge is 0.493 e. The van der Waals surface area contributed by atoms with Crippen LogP contribution in [0.2, 0.25) is 0 Å². The standard InChI is InChI=1S/C26H35O6P/c1-7-18(6)33(25(27)23-19(29-8-2)14-12-15-20(23)30-9-3)26(28)24-21(31-10-4)16-13-17-22(24)32-11-5/h12-18H,7-11H2,1-6H3. The van der Waals surface area contributed by atoms with E-state index in [2.05, 4.69) is 0 Å². The normalized spacial score (nSPS) is 11.7. The molecule has 0 aromatic heterocycles. The highest BCUT2D eigenvalue weighted by atomic mass is 31.1. The summed E-state index contributed by atoms with van der Waals surface area (Å²) in [6.45, 7) is 12.9. The number of ether oxygens (including phenoxy) is 4. The van der Waals surface area contributed by atoms with Gasteiger partial charge in [0.2, 0.25) is 0 Å². The van der Waals surface area contributed by atoms with Crippen LogP contribution in [0.5, 0.6) is 23.0 Å². The molecule has 1 unspecified atom stereocenters. The molecule has 7 heteroatoms. The fraction of sp³-hybridized carbons (Fsp3) is 0.462. The van der Waals surface area contributed by atoms with Gasteiger partial charge in [-0.15, -0.1) is 0 Å². The molecule has 2 rings (SSSR count). The third-order valence-corrected chi connectivity index (χ3v) is 7.64. The summed E-state index contributed by atoms with van der Waals surface area (Å²) in [6, 6.07) is 10.6. The molecule has 180 valence electrons. The van der Waals surface area contributed by atoms with Crippen molar-refractivity contribution in [2.75, 3.05) is 26.4 Å². The van der Waals surface area contributed by atoms with Crippen LogP contribution in [0.3, 0.4) is 0 Å². The van der Waals surface area contributed by atoms with Crippen molar-refractivity contribution in [3.05, 3.63) is 47.5 Å². The Morgan fingerprint density at radius 3 is 1.21 bits per heavy atom. The van der Waals surface area contributed by atoms with Gasteiger partial charge in [0, 0.05) is 7.92 Å². The van der Waals surface area contributed by atoms with E-state index in [0.29, 0.717) is 67.0 Å². The van der Waals surface area contributed by atoms with Gasteiger partial charge in [-0.05, 0) is 64.0 Å². The van der Waals surface area contributed by atoms with Crippen molar-refractivity contribution in [2.45, 2.75) is 53.6 Å².